The van der Waals surface area contributed by atoms with Gasteiger partial charge in [-0.15, -0.1) is 0 Å². The Bertz CT molecular complexity index is 161. The zero-order chi connectivity index (χ0) is 7.78. The first-order valence-corrected chi connectivity index (χ1v) is 3.06. The Morgan fingerprint density at radius 2 is 2.30 bits per heavy atom. The number of carbonyl (C=O) groups excluding carboxylic acids is 1. The second-order valence-corrected chi connectivity index (χ2v) is 2.41. The third kappa shape index (κ3) is 0.880. The van der Waals surface area contributed by atoms with Crippen LogP contribution in [0.3, 0.4) is 0 Å². The van der Waals surface area contributed by atoms with Gasteiger partial charge < -0.3 is 16.0 Å². The largest absolute Gasteiger partial charge is 0.366 e. The monoisotopic (exact) mass is 146 g/mol. The molecule has 0 aromatic rings. The Kier molecular flexibility index (Phi) is 1.63. The summed E-state index contributed by atoms with van der Waals surface area (Å²) in [5.74, 6) is -0.896. The van der Waals surface area contributed by atoms with Crippen LogP contribution in [0.1, 0.15) is 12.8 Å². The first kappa shape index (κ1) is 7.46. The van der Waals surface area contributed by atoms with Crippen LogP contribution in [0.5, 0.6) is 0 Å². The molecule has 1 atom stereocenters. The summed E-state index contributed by atoms with van der Waals surface area (Å²) >= 11 is 0. The van der Waals surface area contributed by atoms with Gasteiger partial charge in [0, 0.05) is 13.0 Å². The van der Waals surface area contributed by atoms with Gasteiger partial charge in [-0.1, -0.05) is 0 Å². The maximum atomic E-state index is 10.5. The predicted octanol–water partition coefficient (Wildman–Crippen LogP) is -1.35. The highest BCUT2D eigenvalue weighted by Gasteiger charge is 2.43. The summed E-state index contributed by atoms with van der Waals surface area (Å²) < 4.78 is 0. The van der Waals surface area contributed by atoms with E-state index in [1.165, 1.54) is 0 Å². The summed E-state index contributed by atoms with van der Waals surface area (Å²) in [6, 6.07) is 0. The number of amides is 1. The number of aliphatic hydroxyl groups is 1. The van der Waals surface area contributed by atoms with Gasteiger partial charge in [-0.05, 0) is 6.42 Å². The fraction of sp³-hybridized carbons (Fsp3) is 0.800. The molecule has 1 aliphatic rings. The van der Waals surface area contributed by atoms with Crippen molar-refractivity contribution in [2.75, 3.05) is 6.54 Å². The Balaban J connectivity index is 2.75. The van der Waals surface area contributed by atoms with Crippen molar-refractivity contribution in [1.82, 2.24) is 5.06 Å². The molecule has 0 aromatic heterocycles. The molecule has 1 amide bonds. The van der Waals surface area contributed by atoms with E-state index in [-0.39, 0.29) is 6.42 Å². The number of nitrogens with zero attached hydrogens (tertiary/aromatic N) is 1. The fourth-order valence-electron chi connectivity index (χ4n) is 1.04. The van der Waals surface area contributed by atoms with Crippen LogP contribution in [0, 0.1) is 0 Å². The van der Waals surface area contributed by atoms with Gasteiger partial charge in [-0.3, -0.25) is 4.79 Å². The van der Waals surface area contributed by atoms with Gasteiger partial charge in [0.2, 0.25) is 5.72 Å². The van der Waals surface area contributed by atoms with Crippen molar-refractivity contribution >= 4 is 5.91 Å². The van der Waals surface area contributed by atoms with Crippen LogP contribution in [0.15, 0.2) is 0 Å². The van der Waals surface area contributed by atoms with Crippen molar-refractivity contribution < 1.29 is 15.1 Å². The summed E-state index contributed by atoms with van der Waals surface area (Å²) in [4.78, 5) is 10.5. The second-order valence-electron chi connectivity index (χ2n) is 2.41. The lowest BCUT2D eigenvalue weighted by atomic mass is 10.1. The van der Waals surface area contributed by atoms with E-state index in [9.17, 15) is 9.90 Å². The van der Waals surface area contributed by atoms with E-state index in [0.717, 1.165) is 0 Å². The van der Waals surface area contributed by atoms with Crippen molar-refractivity contribution in [3.8, 4) is 0 Å². The SMILES string of the molecule is NC(=O)C1(O)CCCN1O. The van der Waals surface area contributed by atoms with Crippen LogP contribution in [0.25, 0.3) is 0 Å². The van der Waals surface area contributed by atoms with Gasteiger partial charge in [0.25, 0.3) is 5.91 Å². The first-order valence-electron chi connectivity index (χ1n) is 3.06. The third-order valence-corrected chi connectivity index (χ3v) is 1.72. The fourth-order valence-corrected chi connectivity index (χ4v) is 1.04. The summed E-state index contributed by atoms with van der Waals surface area (Å²) in [6.07, 6.45) is 0.786. The molecule has 1 fully saturated rings. The molecule has 5 nitrogen and oxygen atoms in total. The first-order chi connectivity index (χ1) is 4.57. The minimum absolute atomic E-state index is 0.207. The Labute approximate surface area is 58.0 Å². The molecule has 5 heteroatoms. The molecule has 0 spiro atoms. The van der Waals surface area contributed by atoms with E-state index < -0.39 is 11.6 Å². The normalized spacial score (nSPS) is 34.6. The van der Waals surface area contributed by atoms with Crippen molar-refractivity contribution in [2.24, 2.45) is 5.73 Å². The summed E-state index contributed by atoms with van der Waals surface area (Å²) in [6.45, 7) is 0.291. The summed E-state index contributed by atoms with van der Waals surface area (Å²) in [7, 11) is 0. The van der Waals surface area contributed by atoms with Crippen LogP contribution in [-0.4, -0.2) is 33.6 Å². The molecule has 4 N–H and O–H groups in total. The minimum Gasteiger partial charge on any atom is -0.366 e. The molecule has 1 heterocycles. The molecule has 0 aliphatic carbocycles. The highest BCUT2D eigenvalue weighted by atomic mass is 16.5. The number of nitrogens with two attached hydrogens (primary N) is 1. The average molecular weight is 146 g/mol. The average Bonchev–Trinajstić information content (AvgIpc) is 2.15. The highest BCUT2D eigenvalue weighted by Crippen LogP contribution is 2.23. The number of rotatable bonds is 1. The molecule has 0 aromatic carbocycles. The van der Waals surface area contributed by atoms with Gasteiger partial charge in [0.15, 0.2) is 0 Å². The summed E-state index contributed by atoms with van der Waals surface area (Å²) in [5.41, 5.74) is 3.01. The number of hydroxylamine groups is 2. The van der Waals surface area contributed by atoms with Gasteiger partial charge in [0.05, 0.1) is 0 Å². The lowest BCUT2D eigenvalue weighted by Crippen LogP contribution is -2.52. The smallest absolute Gasteiger partial charge is 0.267 e. The van der Waals surface area contributed by atoms with Crippen molar-refractivity contribution in [3.05, 3.63) is 0 Å². The quantitative estimate of drug-likeness (QED) is 0.426. The number of primary amides is 1. The maximum Gasteiger partial charge on any atom is 0.267 e. The molecular weight excluding hydrogens is 136 g/mol. The topological polar surface area (TPSA) is 86.8 Å². The minimum atomic E-state index is -1.82. The molecule has 1 rings (SSSR count). The maximum absolute atomic E-state index is 10.5. The Morgan fingerprint density at radius 1 is 1.70 bits per heavy atom. The van der Waals surface area contributed by atoms with E-state index in [0.29, 0.717) is 18.0 Å². The highest BCUT2D eigenvalue weighted by molar-refractivity contribution is 5.82. The zero-order valence-electron chi connectivity index (χ0n) is 5.45. The molecule has 0 bridgehead atoms. The molecular formula is C5H10N2O3. The number of hydrogen-bond acceptors (Lipinski definition) is 4. The molecule has 1 aliphatic heterocycles. The Hall–Kier alpha value is -0.650. The van der Waals surface area contributed by atoms with Crippen LogP contribution in [0.4, 0.5) is 0 Å². The van der Waals surface area contributed by atoms with E-state index in [4.69, 9.17) is 10.9 Å². The van der Waals surface area contributed by atoms with Crippen LogP contribution in [-0.2, 0) is 4.79 Å². The number of hydrogen-bond donors (Lipinski definition) is 3. The summed E-state index contributed by atoms with van der Waals surface area (Å²) in [5, 5.41) is 18.7. The van der Waals surface area contributed by atoms with Gasteiger partial charge in [0.1, 0.15) is 0 Å². The Morgan fingerprint density at radius 3 is 2.50 bits per heavy atom. The van der Waals surface area contributed by atoms with Crippen LogP contribution in [0.2, 0.25) is 0 Å². The van der Waals surface area contributed by atoms with E-state index >= 15 is 0 Å². The van der Waals surface area contributed by atoms with Crippen LogP contribution >= 0.6 is 0 Å². The lowest BCUT2D eigenvalue weighted by Gasteiger charge is -2.24. The third-order valence-electron chi connectivity index (χ3n) is 1.72. The van der Waals surface area contributed by atoms with Crippen LogP contribution < -0.4 is 5.73 Å². The standard InChI is InChI=1S/C5H10N2O3/c6-4(8)5(9)2-1-3-7(5)10/h9-10H,1-3H2,(H2,6,8). The van der Waals surface area contributed by atoms with E-state index in [2.05, 4.69) is 0 Å². The van der Waals surface area contributed by atoms with Crippen molar-refractivity contribution in [3.63, 3.8) is 0 Å². The van der Waals surface area contributed by atoms with Gasteiger partial charge in [-0.2, -0.15) is 5.06 Å². The predicted molar refractivity (Wildman–Crippen MR) is 31.9 cm³/mol. The van der Waals surface area contributed by atoms with Gasteiger partial charge >= 0.3 is 0 Å². The molecule has 10 heavy (non-hydrogen) atoms. The lowest BCUT2D eigenvalue weighted by molar-refractivity contribution is -0.230. The van der Waals surface area contributed by atoms with E-state index in [1.54, 1.807) is 0 Å². The molecule has 1 unspecified atom stereocenters. The van der Waals surface area contributed by atoms with Crippen molar-refractivity contribution in [2.45, 2.75) is 18.6 Å². The van der Waals surface area contributed by atoms with Crippen molar-refractivity contribution in [1.29, 1.82) is 0 Å². The number of carbonyl (C=O) groups is 1. The molecule has 0 radical (unpaired) electrons. The molecule has 1 saturated heterocycles. The van der Waals surface area contributed by atoms with E-state index in [1.807, 2.05) is 0 Å². The molecule has 58 valence electrons. The van der Waals surface area contributed by atoms with Gasteiger partial charge in [-0.25, -0.2) is 0 Å². The molecule has 0 saturated carbocycles. The zero-order valence-corrected chi connectivity index (χ0v) is 5.45. The second kappa shape index (κ2) is 2.19.